The minimum absolute atomic E-state index is 0.0406. The van der Waals surface area contributed by atoms with E-state index in [9.17, 15) is 27.6 Å². The number of hydrogen-bond donors (Lipinski definition) is 4. The number of urea groups is 1. The van der Waals surface area contributed by atoms with Crippen LogP contribution in [0.15, 0.2) is 77.7 Å². The van der Waals surface area contributed by atoms with Crippen LogP contribution in [0.1, 0.15) is 49.2 Å². The van der Waals surface area contributed by atoms with Gasteiger partial charge in [-0.25, -0.2) is 18.0 Å². The molecule has 1 fully saturated rings. The van der Waals surface area contributed by atoms with Gasteiger partial charge in [-0.3, -0.25) is 9.59 Å². The molecule has 2 heterocycles. The van der Waals surface area contributed by atoms with E-state index in [1.165, 1.54) is 13.0 Å². The molecule has 2 aliphatic rings. The summed E-state index contributed by atoms with van der Waals surface area (Å²) in [5.74, 6) is -0.739. The average Bonchev–Trinajstić information content (AvgIpc) is 3.61. The van der Waals surface area contributed by atoms with Gasteiger partial charge in [-0.15, -0.1) is 0 Å². The van der Waals surface area contributed by atoms with Gasteiger partial charge in [0.1, 0.15) is 11.6 Å². The van der Waals surface area contributed by atoms with Crippen LogP contribution in [0.25, 0.3) is 0 Å². The number of nitrogens with one attached hydrogen (secondary N) is 4. The fourth-order valence-electron chi connectivity index (χ4n) is 5.29. The molecule has 13 heteroatoms. The van der Waals surface area contributed by atoms with Crippen LogP contribution in [0, 0.1) is 0 Å². The predicted octanol–water partition coefficient (Wildman–Crippen LogP) is 3.68. The number of benzene rings is 3. The van der Waals surface area contributed by atoms with Crippen LogP contribution in [0.4, 0.5) is 21.0 Å². The summed E-state index contributed by atoms with van der Waals surface area (Å²) in [5, 5.41) is 10.4. The molecule has 0 saturated carbocycles. The van der Waals surface area contributed by atoms with Crippen molar-refractivity contribution in [1.29, 1.82) is 0 Å². The molecule has 0 aromatic heterocycles. The number of amides is 5. The van der Waals surface area contributed by atoms with E-state index in [1.807, 2.05) is 0 Å². The summed E-state index contributed by atoms with van der Waals surface area (Å²) in [4.78, 5) is 50.1. The number of carbonyl (C=O) groups is 4. The smallest absolute Gasteiger partial charge is 0.408 e. The van der Waals surface area contributed by atoms with Crippen LogP contribution in [-0.2, 0) is 30.7 Å². The molecule has 2 unspecified atom stereocenters. The lowest BCUT2D eigenvalue weighted by molar-refractivity contribution is -0.117. The topological polar surface area (TPSA) is 163 Å². The summed E-state index contributed by atoms with van der Waals surface area (Å²) in [5.41, 5.74) is 1.85. The first-order chi connectivity index (χ1) is 21.2. The van der Waals surface area contributed by atoms with E-state index >= 15 is 0 Å². The van der Waals surface area contributed by atoms with Crippen LogP contribution in [0.5, 0.6) is 0 Å². The highest BCUT2D eigenvalue weighted by atomic mass is 32.2. The van der Waals surface area contributed by atoms with Gasteiger partial charge in [0.2, 0.25) is 15.7 Å². The first-order valence-electron chi connectivity index (χ1n) is 14.4. The van der Waals surface area contributed by atoms with Crippen molar-refractivity contribution in [1.82, 2.24) is 16.0 Å². The molecule has 0 radical (unpaired) electrons. The maximum atomic E-state index is 14.0. The molecule has 0 spiro atoms. The van der Waals surface area contributed by atoms with Crippen molar-refractivity contribution in [3.8, 4) is 0 Å². The monoisotopic (exact) mass is 633 g/mol. The van der Waals surface area contributed by atoms with Crippen LogP contribution in [0.3, 0.4) is 0 Å². The Balaban J connectivity index is 1.29. The minimum atomic E-state index is -4.10. The Morgan fingerprint density at radius 2 is 1.69 bits per heavy atom. The van der Waals surface area contributed by atoms with Crippen LogP contribution < -0.4 is 26.2 Å². The molecule has 4 N–H and O–H groups in total. The van der Waals surface area contributed by atoms with Gasteiger partial charge in [-0.05, 0) is 87.7 Å². The van der Waals surface area contributed by atoms with Crippen molar-refractivity contribution >= 4 is 45.2 Å². The largest absolute Gasteiger partial charge is 0.444 e. The quantitative estimate of drug-likeness (QED) is 0.308. The molecule has 1 saturated heterocycles. The molecule has 0 bridgehead atoms. The summed E-state index contributed by atoms with van der Waals surface area (Å²) in [6.45, 7) is 6.92. The Morgan fingerprint density at radius 3 is 2.31 bits per heavy atom. The van der Waals surface area contributed by atoms with E-state index in [0.29, 0.717) is 41.0 Å². The standard InChI is InChI=1S/C32H35N5O7S/c1-20(34-30(41)44-31(2,3)4)27(38)35-24-12-10-21(11-13-24)28(39)37-17-16-22-18-25(14-15-26(22)37)45(42,43)32(19-33-29(40)36-32)23-8-6-5-7-9-23/h5-15,18,20H,16-17,19H2,1-4H3,(H,34,41)(H,35,38)(H2,33,36,40). The number of rotatable bonds is 7. The molecule has 0 aliphatic carbocycles. The van der Waals surface area contributed by atoms with Gasteiger partial charge in [0.25, 0.3) is 5.91 Å². The third-order valence-corrected chi connectivity index (χ3v) is 9.81. The average molecular weight is 634 g/mol. The Morgan fingerprint density at radius 1 is 1.00 bits per heavy atom. The first kappa shape index (κ1) is 31.5. The SMILES string of the molecule is CC(NC(=O)OC(C)(C)C)C(=O)Nc1ccc(C(=O)N2CCc3cc(S(=O)(=O)C4(c5ccccc5)CNC(=O)N4)ccc32)cc1. The van der Waals surface area contributed by atoms with Crippen molar-refractivity contribution in [3.63, 3.8) is 0 Å². The second-order valence-corrected chi connectivity index (χ2v) is 14.1. The molecule has 236 valence electrons. The lowest BCUT2D eigenvalue weighted by atomic mass is 10.1. The summed E-state index contributed by atoms with van der Waals surface area (Å²) in [7, 11) is -4.10. The van der Waals surface area contributed by atoms with Crippen LogP contribution in [0.2, 0.25) is 0 Å². The Kier molecular flexibility index (Phi) is 8.32. The highest BCUT2D eigenvalue weighted by Gasteiger charge is 2.51. The number of fused-ring (bicyclic) bond motifs is 1. The zero-order valence-electron chi connectivity index (χ0n) is 25.3. The van der Waals surface area contributed by atoms with Gasteiger partial charge < -0.3 is 30.9 Å². The second kappa shape index (κ2) is 11.9. The zero-order chi connectivity index (χ0) is 32.6. The number of carbonyl (C=O) groups excluding carboxylic acids is 4. The Hall–Kier alpha value is -4.91. The number of ether oxygens (including phenoxy) is 1. The number of alkyl carbamates (subject to hydrolysis) is 1. The van der Waals surface area contributed by atoms with E-state index in [1.54, 1.807) is 92.4 Å². The maximum absolute atomic E-state index is 14.0. The minimum Gasteiger partial charge on any atom is -0.444 e. The summed E-state index contributed by atoms with van der Waals surface area (Å²) in [6.07, 6.45) is -0.260. The highest BCUT2D eigenvalue weighted by Crippen LogP contribution is 2.38. The third kappa shape index (κ3) is 6.34. The zero-order valence-corrected chi connectivity index (χ0v) is 26.2. The summed E-state index contributed by atoms with van der Waals surface area (Å²) < 4.78 is 33.2. The van der Waals surface area contributed by atoms with Crippen molar-refractivity contribution in [3.05, 3.63) is 89.5 Å². The normalized spacial score (nSPS) is 18.3. The number of nitrogens with zero attached hydrogens (tertiary/aromatic N) is 1. The Labute approximate surface area is 261 Å². The van der Waals surface area contributed by atoms with E-state index in [4.69, 9.17) is 4.74 Å². The van der Waals surface area contributed by atoms with Crippen molar-refractivity contribution in [2.75, 3.05) is 23.3 Å². The molecule has 2 atom stereocenters. The molecule has 3 aromatic carbocycles. The third-order valence-electron chi connectivity index (χ3n) is 7.54. The van der Waals surface area contributed by atoms with Crippen molar-refractivity contribution < 1.29 is 32.3 Å². The molecule has 2 aliphatic heterocycles. The van der Waals surface area contributed by atoms with Crippen LogP contribution >= 0.6 is 0 Å². The molecule has 12 nitrogen and oxygen atoms in total. The molecule has 5 amide bonds. The molecule has 5 rings (SSSR count). The second-order valence-electron chi connectivity index (χ2n) is 11.9. The van der Waals surface area contributed by atoms with E-state index < -0.39 is 44.4 Å². The predicted molar refractivity (Wildman–Crippen MR) is 168 cm³/mol. The fraction of sp³-hybridized carbons (Fsp3) is 0.312. The molecule has 45 heavy (non-hydrogen) atoms. The van der Waals surface area contributed by atoms with E-state index in [2.05, 4.69) is 21.3 Å². The van der Waals surface area contributed by atoms with Gasteiger partial charge in [0.05, 0.1) is 11.4 Å². The van der Waals surface area contributed by atoms with Gasteiger partial charge in [0, 0.05) is 23.5 Å². The number of sulfone groups is 1. The van der Waals surface area contributed by atoms with E-state index in [0.717, 1.165) is 0 Å². The number of anilines is 2. The Bertz CT molecular complexity index is 1750. The lowest BCUT2D eigenvalue weighted by Crippen LogP contribution is -2.47. The van der Waals surface area contributed by atoms with E-state index in [-0.39, 0.29) is 17.3 Å². The van der Waals surface area contributed by atoms with Gasteiger partial charge in [-0.2, -0.15) is 0 Å². The summed E-state index contributed by atoms with van der Waals surface area (Å²) in [6, 6.07) is 18.1. The highest BCUT2D eigenvalue weighted by molar-refractivity contribution is 7.92. The first-order valence-corrected chi connectivity index (χ1v) is 15.9. The maximum Gasteiger partial charge on any atom is 0.408 e. The van der Waals surface area contributed by atoms with Crippen molar-refractivity contribution in [2.45, 2.75) is 55.5 Å². The molecular formula is C32H35N5O7S. The number of hydrogen-bond acceptors (Lipinski definition) is 7. The lowest BCUT2D eigenvalue weighted by Gasteiger charge is -2.28. The van der Waals surface area contributed by atoms with Crippen molar-refractivity contribution in [2.24, 2.45) is 0 Å². The van der Waals surface area contributed by atoms with Gasteiger partial charge in [0.15, 0.2) is 4.87 Å². The fourth-order valence-corrected chi connectivity index (χ4v) is 7.17. The van der Waals surface area contributed by atoms with Gasteiger partial charge >= 0.3 is 12.1 Å². The molecule has 3 aromatic rings. The summed E-state index contributed by atoms with van der Waals surface area (Å²) >= 11 is 0. The van der Waals surface area contributed by atoms with Crippen LogP contribution in [-0.4, -0.2) is 57.1 Å². The molecular weight excluding hydrogens is 598 g/mol. The van der Waals surface area contributed by atoms with Gasteiger partial charge in [-0.1, -0.05) is 30.3 Å².